The van der Waals surface area contributed by atoms with Crippen molar-refractivity contribution in [1.29, 1.82) is 0 Å². The maximum absolute atomic E-state index is 11.3. The van der Waals surface area contributed by atoms with Crippen LogP contribution in [0, 0.1) is 0 Å². The third kappa shape index (κ3) is 3.57. The first-order valence-corrected chi connectivity index (χ1v) is 6.71. The van der Waals surface area contributed by atoms with Crippen molar-refractivity contribution in [3.05, 3.63) is 63.1 Å². The van der Waals surface area contributed by atoms with Crippen molar-refractivity contribution in [3.63, 3.8) is 0 Å². The van der Waals surface area contributed by atoms with E-state index >= 15 is 0 Å². The van der Waals surface area contributed by atoms with Gasteiger partial charge in [0, 0.05) is 16.7 Å². The highest BCUT2D eigenvalue weighted by Gasteiger charge is 2.22. The number of carboxylic acids is 1. The second kappa shape index (κ2) is 6.35. The third-order valence-electron chi connectivity index (χ3n) is 2.54. The molecule has 0 radical (unpaired) electrons. The lowest BCUT2D eigenvalue weighted by atomic mass is 10.1. The van der Waals surface area contributed by atoms with E-state index in [1.807, 2.05) is 0 Å². The molecule has 0 saturated carbocycles. The minimum absolute atomic E-state index is 0.296. The number of carboxylic acid groups (broad SMARTS) is 1. The first kappa shape index (κ1) is 15.0. The van der Waals surface area contributed by atoms with Gasteiger partial charge in [0.25, 0.3) is 0 Å². The summed E-state index contributed by atoms with van der Waals surface area (Å²) in [5.41, 5.74) is 0.480. The Balaban J connectivity index is 2.27. The summed E-state index contributed by atoms with van der Waals surface area (Å²) in [7, 11) is 0. The average molecular weight is 332 g/mol. The summed E-state index contributed by atoms with van der Waals surface area (Å²) < 4.78 is 5.45. The lowest BCUT2D eigenvalue weighted by molar-refractivity contribution is -0.145. The molecule has 0 aliphatic heterocycles. The van der Waals surface area contributed by atoms with Gasteiger partial charge < -0.3 is 9.84 Å². The molecule has 20 heavy (non-hydrogen) atoms. The molecule has 3 nitrogen and oxygen atoms in total. The van der Waals surface area contributed by atoms with Crippen LogP contribution in [0.5, 0.6) is 5.75 Å². The zero-order valence-electron chi connectivity index (χ0n) is 10.0. The van der Waals surface area contributed by atoms with E-state index < -0.39 is 12.1 Å². The highest BCUT2D eigenvalue weighted by atomic mass is 35.5. The molecule has 0 bridgehead atoms. The monoisotopic (exact) mass is 330 g/mol. The van der Waals surface area contributed by atoms with E-state index in [0.29, 0.717) is 26.4 Å². The molecule has 0 spiro atoms. The Hall–Kier alpha value is -1.42. The predicted molar refractivity (Wildman–Crippen MR) is 78.9 cm³/mol. The molecule has 0 saturated heterocycles. The number of carbonyl (C=O) groups is 1. The summed E-state index contributed by atoms with van der Waals surface area (Å²) in [6.07, 6.45) is -1.15. The predicted octanol–water partition coefficient (Wildman–Crippen LogP) is 4.85. The number of hydrogen-bond donors (Lipinski definition) is 1. The first-order valence-electron chi connectivity index (χ1n) is 5.57. The largest absolute Gasteiger partial charge is 0.478 e. The molecule has 0 unspecified atom stereocenters. The number of rotatable bonds is 4. The van der Waals surface area contributed by atoms with Crippen LogP contribution < -0.4 is 4.74 Å². The molecule has 2 rings (SSSR count). The SMILES string of the molecule is O=C(O)[C@@H](Oc1ccc(Cl)c(Cl)c1)c1ccc(Cl)cc1. The fraction of sp³-hybridized carbons (Fsp3) is 0.0714. The van der Waals surface area contributed by atoms with E-state index in [1.165, 1.54) is 6.07 Å². The van der Waals surface area contributed by atoms with Crippen molar-refractivity contribution in [2.24, 2.45) is 0 Å². The number of benzene rings is 2. The van der Waals surface area contributed by atoms with E-state index in [4.69, 9.17) is 39.5 Å². The molecular formula is C14H9Cl3O3. The Labute approximate surface area is 130 Å². The zero-order chi connectivity index (χ0) is 14.7. The van der Waals surface area contributed by atoms with Crippen molar-refractivity contribution >= 4 is 40.8 Å². The summed E-state index contributed by atoms with van der Waals surface area (Å²) in [4.78, 5) is 11.3. The van der Waals surface area contributed by atoms with Gasteiger partial charge in [-0.25, -0.2) is 4.79 Å². The topological polar surface area (TPSA) is 46.5 Å². The number of ether oxygens (including phenoxy) is 1. The van der Waals surface area contributed by atoms with E-state index in [0.717, 1.165) is 0 Å². The molecule has 0 aromatic heterocycles. The summed E-state index contributed by atoms with van der Waals surface area (Å²) in [6, 6.07) is 11.0. The number of aliphatic carboxylic acids is 1. The molecule has 0 aliphatic rings. The van der Waals surface area contributed by atoms with Crippen molar-refractivity contribution in [2.75, 3.05) is 0 Å². The van der Waals surface area contributed by atoms with E-state index in [9.17, 15) is 9.90 Å². The molecule has 6 heteroatoms. The molecule has 104 valence electrons. The maximum atomic E-state index is 11.3. The van der Waals surface area contributed by atoms with Crippen LogP contribution in [0.2, 0.25) is 15.1 Å². The zero-order valence-corrected chi connectivity index (χ0v) is 12.3. The van der Waals surface area contributed by atoms with Gasteiger partial charge in [0.1, 0.15) is 5.75 Å². The maximum Gasteiger partial charge on any atom is 0.349 e. The minimum atomic E-state index is -1.15. The standard InChI is InChI=1S/C14H9Cl3O3/c15-9-3-1-8(2-4-9)13(14(18)19)20-10-5-6-11(16)12(17)7-10/h1-7,13H,(H,18,19)/t13-/m0/s1. The second-order valence-electron chi connectivity index (χ2n) is 3.96. The number of hydrogen-bond acceptors (Lipinski definition) is 2. The van der Waals surface area contributed by atoms with Crippen molar-refractivity contribution < 1.29 is 14.6 Å². The van der Waals surface area contributed by atoms with Crippen LogP contribution in [0.4, 0.5) is 0 Å². The molecule has 2 aromatic rings. The van der Waals surface area contributed by atoms with Crippen LogP contribution in [0.15, 0.2) is 42.5 Å². The van der Waals surface area contributed by atoms with Crippen LogP contribution in [-0.2, 0) is 4.79 Å². The third-order valence-corrected chi connectivity index (χ3v) is 3.53. The van der Waals surface area contributed by atoms with E-state index in [1.54, 1.807) is 36.4 Å². The van der Waals surface area contributed by atoms with Crippen molar-refractivity contribution in [2.45, 2.75) is 6.10 Å². The van der Waals surface area contributed by atoms with Gasteiger partial charge in [-0.2, -0.15) is 0 Å². The van der Waals surface area contributed by atoms with Gasteiger partial charge in [-0.05, 0) is 24.3 Å². The van der Waals surface area contributed by atoms with Gasteiger partial charge in [0.2, 0.25) is 6.10 Å². The second-order valence-corrected chi connectivity index (χ2v) is 5.21. The van der Waals surface area contributed by atoms with E-state index in [-0.39, 0.29) is 0 Å². The van der Waals surface area contributed by atoms with Gasteiger partial charge in [-0.1, -0.05) is 46.9 Å². The van der Waals surface area contributed by atoms with Crippen LogP contribution >= 0.6 is 34.8 Å². The Morgan fingerprint density at radius 3 is 2.20 bits per heavy atom. The van der Waals surface area contributed by atoms with Crippen LogP contribution in [0.3, 0.4) is 0 Å². The first-order chi connectivity index (χ1) is 9.47. The summed E-state index contributed by atoms with van der Waals surface area (Å²) >= 11 is 17.4. The van der Waals surface area contributed by atoms with Gasteiger partial charge in [0.15, 0.2) is 0 Å². The molecule has 0 heterocycles. The van der Waals surface area contributed by atoms with Crippen LogP contribution in [-0.4, -0.2) is 11.1 Å². The van der Waals surface area contributed by atoms with Crippen molar-refractivity contribution in [3.8, 4) is 5.75 Å². The van der Waals surface area contributed by atoms with Crippen LogP contribution in [0.1, 0.15) is 11.7 Å². The Morgan fingerprint density at radius 2 is 1.65 bits per heavy atom. The van der Waals surface area contributed by atoms with Gasteiger partial charge in [-0.3, -0.25) is 0 Å². The normalized spacial score (nSPS) is 11.9. The summed E-state index contributed by atoms with van der Waals surface area (Å²) in [6.45, 7) is 0. The molecule has 2 aromatic carbocycles. The van der Waals surface area contributed by atoms with Crippen LogP contribution in [0.25, 0.3) is 0 Å². The molecule has 0 fully saturated rings. The lowest BCUT2D eigenvalue weighted by Gasteiger charge is -2.16. The van der Waals surface area contributed by atoms with Gasteiger partial charge >= 0.3 is 5.97 Å². The Morgan fingerprint density at radius 1 is 1.00 bits per heavy atom. The van der Waals surface area contributed by atoms with Crippen molar-refractivity contribution in [1.82, 2.24) is 0 Å². The molecular weight excluding hydrogens is 323 g/mol. The average Bonchev–Trinajstić information content (AvgIpc) is 2.41. The smallest absolute Gasteiger partial charge is 0.349 e. The summed E-state index contributed by atoms with van der Waals surface area (Å²) in [5, 5.41) is 10.5. The highest BCUT2D eigenvalue weighted by Crippen LogP contribution is 2.29. The highest BCUT2D eigenvalue weighted by molar-refractivity contribution is 6.42. The number of halogens is 3. The van der Waals surface area contributed by atoms with Gasteiger partial charge in [0.05, 0.1) is 10.0 Å². The van der Waals surface area contributed by atoms with Gasteiger partial charge in [-0.15, -0.1) is 0 Å². The Bertz CT molecular complexity index is 626. The molecule has 1 N–H and O–H groups in total. The molecule has 0 amide bonds. The fourth-order valence-electron chi connectivity index (χ4n) is 1.58. The lowest BCUT2D eigenvalue weighted by Crippen LogP contribution is -2.18. The molecule has 1 atom stereocenters. The fourth-order valence-corrected chi connectivity index (χ4v) is 2.00. The van der Waals surface area contributed by atoms with E-state index in [2.05, 4.69) is 0 Å². The quantitative estimate of drug-likeness (QED) is 0.871. The molecule has 0 aliphatic carbocycles. The summed E-state index contributed by atoms with van der Waals surface area (Å²) in [5.74, 6) is -0.792. The minimum Gasteiger partial charge on any atom is -0.478 e. The Kier molecular flexibility index (Phi) is 4.76.